The van der Waals surface area contributed by atoms with Gasteiger partial charge < -0.3 is 5.32 Å². The summed E-state index contributed by atoms with van der Waals surface area (Å²) in [6.07, 6.45) is 12.4. The third-order valence-corrected chi connectivity index (χ3v) is 5.27. The number of hydrogen-bond donors (Lipinski definition) is 1. The van der Waals surface area contributed by atoms with Gasteiger partial charge in [0.15, 0.2) is 0 Å². The first-order valence-electron chi connectivity index (χ1n) is 7.04. The van der Waals surface area contributed by atoms with Crippen molar-refractivity contribution in [1.29, 1.82) is 0 Å². The van der Waals surface area contributed by atoms with Crippen molar-refractivity contribution in [1.82, 2.24) is 15.1 Å². The highest BCUT2D eigenvalue weighted by Gasteiger charge is 2.16. The van der Waals surface area contributed by atoms with Crippen LogP contribution in [0.25, 0.3) is 0 Å². The van der Waals surface area contributed by atoms with E-state index in [1.54, 1.807) is 0 Å². The lowest BCUT2D eigenvalue weighted by atomic mass is 10.0. The minimum atomic E-state index is 0.570. The Morgan fingerprint density at radius 1 is 1.44 bits per heavy atom. The van der Waals surface area contributed by atoms with Crippen molar-refractivity contribution >= 4 is 11.8 Å². The zero-order valence-electron chi connectivity index (χ0n) is 11.6. The van der Waals surface area contributed by atoms with E-state index in [1.165, 1.54) is 43.4 Å². The van der Waals surface area contributed by atoms with Gasteiger partial charge in [-0.3, -0.25) is 4.68 Å². The highest BCUT2D eigenvalue weighted by atomic mass is 32.2. The lowest BCUT2D eigenvalue weighted by Crippen LogP contribution is -2.31. The molecule has 0 aromatic carbocycles. The zero-order chi connectivity index (χ0) is 12.8. The minimum Gasteiger partial charge on any atom is -0.316 e. The van der Waals surface area contributed by atoms with Gasteiger partial charge >= 0.3 is 0 Å². The van der Waals surface area contributed by atoms with Crippen molar-refractivity contribution in [2.24, 2.45) is 7.05 Å². The van der Waals surface area contributed by atoms with Crippen molar-refractivity contribution in [3.63, 3.8) is 0 Å². The van der Waals surface area contributed by atoms with Gasteiger partial charge in [0, 0.05) is 30.3 Å². The van der Waals surface area contributed by atoms with Crippen molar-refractivity contribution in [3.05, 3.63) is 18.0 Å². The van der Waals surface area contributed by atoms with E-state index in [0.717, 1.165) is 11.7 Å². The van der Waals surface area contributed by atoms with Crippen LogP contribution in [0.1, 0.15) is 37.7 Å². The molecule has 0 radical (unpaired) electrons. The molecule has 102 valence electrons. The van der Waals surface area contributed by atoms with E-state index in [1.807, 2.05) is 17.9 Å². The third kappa shape index (κ3) is 4.32. The first-order valence-corrected chi connectivity index (χ1v) is 8.09. The smallest absolute Gasteiger partial charge is 0.0522 e. The van der Waals surface area contributed by atoms with Crippen molar-refractivity contribution in [3.8, 4) is 0 Å². The van der Waals surface area contributed by atoms with E-state index in [4.69, 9.17) is 0 Å². The monoisotopic (exact) mass is 267 g/mol. The Bertz CT molecular complexity index is 345. The number of hydrogen-bond acceptors (Lipinski definition) is 3. The Hall–Kier alpha value is -0.480. The Morgan fingerprint density at radius 3 is 2.83 bits per heavy atom. The average molecular weight is 267 g/mol. The number of rotatable bonds is 6. The van der Waals surface area contributed by atoms with E-state index >= 15 is 0 Å². The van der Waals surface area contributed by atoms with E-state index in [9.17, 15) is 0 Å². The number of nitrogens with one attached hydrogen (secondary N) is 1. The standard InChI is InChI=1S/C14H25N3S/c1-15-13(8-12-9-16-17(2)10-12)11-18-14-6-4-3-5-7-14/h9-10,13-15H,3-8,11H2,1-2H3. The van der Waals surface area contributed by atoms with Gasteiger partial charge in [-0.1, -0.05) is 19.3 Å². The van der Waals surface area contributed by atoms with Gasteiger partial charge in [0.05, 0.1) is 6.20 Å². The van der Waals surface area contributed by atoms with Gasteiger partial charge in [-0.25, -0.2) is 0 Å². The molecule has 1 aromatic rings. The van der Waals surface area contributed by atoms with Crippen molar-refractivity contribution < 1.29 is 0 Å². The summed E-state index contributed by atoms with van der Waals surface area (Å²) in [5.41, 5.74) is 1.33. The Labute approximate surface area is 115 Å². The van der Waals surface area contributed by atoms with E-state index in [2.05, 4.69) is 35.4 Å². The van der Waals surface area contributed by atoms with Gasteiger partial charge in [0.1, 0.15) is 0 Å². The molecule has 2 rings (SSSR count). The molecule has 1 aromatic heterocycles. The van der Waals surface area contributed by atoms with E-state index in [-0.39, 0.29) is 0 Å². The summed E-state index contributed by atoms with van der Waals surface area (Å²) >= 11 is 2.17. The normalized spacial score (nSPS) is 19.0. The molecular formula is C14H25N3S. The molecule has 0 spiro atoms. The molecule has 1 aliphatic carbocycles. The van der Waals surface area contributed by atoms with Crippen LogP contribution in [-0.2, 0) is 13.5 Å². The van der Waals surface area contributed by atoms with Crippen LogP contribution in [0.2, 0.25) is 0 Å². The van der Waals surface area contributed by atoms with Crippen molar-refractivity contribution in [2.75, 3.05) is 12.8 Å². The Morgan fingerprint density at radius 2 is 2.22 bits per heavy atom. The molecule has 1 N–H and O–H groups in total. The molecule has 3 nitrogen and oxygen atoms in total. The fourth-order valence-electron chi connectivity index (χ4n) is 2.59. The fraction of sp³-hybridized carbons (Fsp3) is 0.786. The third-order valence-electron chi connectivity index (χ3n) is 3.73. The highest BCUT2D eigenvalue weighted by molar-refractivity contribution is 7.99. The summed E-state index contributed by atoms with van der Waals surface area (Å²) in [6, 6.07) is 0.570. The molecule has 1 fully saturated rings. The van der Waals surface area contributed by atoms with Crippen LogP contribution >= 0.6 is 11.8 Å². The maximum atomic E-state index is 4.24. The number of thioether (sulfide) groups is 1. The summed E-state index contributed by atoms with van der Waals surface area (Å²) in [6.45, 7) is 0. The maximum Gasteiger partial charge on any atom is 0.0522 e. The van der Waals surface area contributed by atoms with Crippen LogP contribution in [0, 0.1) is 0 Å². The molecule has 18 heavy (non-hydrogen) atoms. The fourth-order valence-corrected chi connectivity index (χ4v) is 4.05. The topological polar surface area (TPSA) is 29.9 Å². The summed E-state index contributed by atoms with van der Waals surface area (Å²) in [5, 5.41) is 8.58. The second kappa shape index (κ2) is 7.19. The average Bonchev–Trinajstić information content (AvgIpc) is 2.81. The first kappa shape index (κ1) is 13.9. The lowest BCUT2D eigenvalue weighted by Gasteiger charge is -2.23. The zero-order valence-corrected chi connectivity index (χ0v) is 12.4. The quantitative estimate of drug-likeness (QED) is 0.859. The molecule has 4 heteroatoms. The lowest BCUT2D eigenvalue weighted by molar-refractivity contribution is 0.514. The van der Waals surface area contributed by atoms with Crippen LogP contribution < -0.4 is 5.32 Å². The second-order valence-corrected chi connectivity index (χ2v) is 6.64. The predicted octanol–water partition coefficient (Wildman–Crippen LogP) is 2.62. The second-order valence-electron chi connectivity index (χ2n) is 5.31. The maximum absolute atomic E-state index is 4.24. The van der Waals surface area contributed by atoms with Crippen LogP contribution in [0.3, 0.4) is 0 Å². The molecule has 1 unspecified atom stereocenters. The molecule has 1 atom stereocenters. The summed E-state index contributed by atoms with van der Waals surface area (Å²) in [4.78, 5) is 0. The van der Waals surface area contributed by atoms with Gasteiger partial charge in [-0.05, 0) is 31.9 Å². The molecule has 0 amide bonds. The number of likely N-dealkylation sites (N-methyl/N-ethyl adjacent to an activating group) is 1. The largest absolute Gasteiger partial charge is 0.316 e. The molecule has 1 heterocycles. The molecule has 0 bridgehead atoms. The molecule has 1 aliphatic rings. The Balaban J connectivity index is 1.74. The van der Waals surface area contributed by atoms with Crippen LogP contribution in [0.5, 0.6) is 0 Å². The van der Waals surface area contributed by atoms with Gasteiger partial charge in [-0.15, -0.1) is 0 Å². The minimum absolute atomic E-state index is 0.570. The van der Waals surface area contributed by atoms with Crippen molar-refractivity contribution in [2.45, 2.75) is 49.8 Å². The number of nitrogens with zero attached hydrogens (tertiary/aromatic N) is 2. The predicted molar refractivity (Wildman–Crippen MR) is 79.1 cm³/mol. The summed E-state index contributed by atoms with van der Waals surface area (Å²) in [7, 11) is 4.05. The first-order chi connectivity index (χ1) is 8.78. The van der Waals surface area contributed by atoms with Gasteiger partial charge in [0.25, 0.3) is 0 Å². The summed E-state index contributed by atoms with van der Waals surface area (Å²) in [5.74, 6) is 1.22. The molecule has 1 saturated carbocycles. The van der Waals surface area contributed by atoms with Gasteiger partial charge in [0.2, 0.25) is 0 Å². The highest BCUT2D eigenvalue weighted by Crippen LogP contribution is 2.28. The van der Waals surface area contributed by atoms with Gasteiger partial charge in [-0.2, -0.15) is 16.9 Å². The van der Waals surface area contributed by atoms with Crippen LogP contribution in [0.15, 0.2) is 12.4 Å². The molecule has 0 aliphatic heterocycles. The van der Waals surface area contributed by atoms with Crippen LogP contribution in [0.4, 0.5) is 0 Å². The molecule has 0 saturated heterocycles. The SMILES string of the molecule is CNC(CSC1CCCCC1)Cc1cnn(C)c1. The van der Waals surface area contributed by atoms with E-state index < -0.39 is 0 Å². The summed E-state index contributed by atoms with van der Waals surface area (Å²) < 4.78 is 1.89. The Kier molecular flexibility index (Phi) is 5.57. The number of aromatic nitrogens is 2. The molecular weight excluding hydrogens is 242 g/mol. The van der Waals surface area contributed by atoms with E-state index in [0.29, 0.717) is 6.04 Å². The van der Waals surface area contributed by atoms with Crippen LogP contribution in [-0.4, -0.2) is 33.9 Å². The number of aryl methyl sites for hydroxylation is 1.